The van der Waals surface area contributed by atoms with E-state index in [4.69, 9.17) is 4.74 Å². The molecule has 2 heterocycles. The normalized spacial score (nSPS) is 11.6. The summed E-state index contributed by atoms with van der Waals surface area (Å²) < 4.78 is 29.9. The molecule has 0 unspecified atom stereocenters. The van der Waals surface area contributed by atoms with E-state index in [0.29, 0.717) is 16.2 Å². The van der Waals surface area contributed by atoms with Gasteiger partial charge in [0.25, 0.3) is 5.56 Å². The van der Waals surface area contributed by atoms with Crippen molar-refractivity contribution in [3.8, 4) is 0 Å². The smallest absolute Gasteiger partial charge is 0.338 e. The largest absolute Gasteiger partial charge is 0.456 e. The second-order valence-electron chi connectivity index (χ2n) is 5.47. The quantitative estimate of drug-likeness (QED) is 0.643. The van der Waals surface area contributed by atoms with Crippen molar-refractivity contribution < 1.29 is 17.9 Å². The third-order valence-electron chi connectivity index (χ3n) is 3.56. The average Bonchev–Trinajstić information content (AvgIpc) is 3.01. The molecule has 25 heavy (non-hydrogen) atoms. The van der Waals surface area contributed by atoms with Crippen LogP contribution in [-0.2, 0) is 21.2 Å². The first-order valence-electron chi connectivity index (χ1n) is 7.19. The Morgan fingerprint density at radius 2 is 2.08 bits per heavy atom. The lowest BCUT2D eigenvalue weighted by Gasteiger charge is -2.08. The van der Waals surface area contributed by atoms with Crippen LogP contribution in [0.4, 0.5) is 0 Å². The number of sulfone groups is 1. The molecular weight excluding hydrogens is 364 g/mol. The molecule has 0 fully saturated rings. The van der Waals surface area contributed by atoms with E-state index in [0.717, 1.165) is 6.26 Å². The Kier molecular flexibility index (Phi) is 4.44. The van der Waals surface area contributed by atoms with Gasteiger partial charge >= 0.3 is 5.97 Å². The van der Waals surface area contributed by atoms with E-state index in [1.165, 1.54) is 33.9 Å². The van der Waals surface area contributed by atoms with Crippen LogP contribution < -0.4 is 5.56 Å². The Bertz CT molecular complexity index is 1130. The molecule has 2 aromatic heterocycles. The minimum absolute atomic E-state index is 0.0430. The van der Waals surface area contributed by atoms with Gasteiger partial charge in [-0.1, -0.05) is 6.07 Å². The predicted molar refractivity (Wildman–Crippen MR) is 92.7 cm³/mol. The fourth-order valence-corrected chi connectivity index (χ4v) is 3.62. The van der Waals surface area contributed by atoms with Gasteiger partial charge in [-0.25, -0.2) is 18.2 Å². The van der Waals surface area contributed by atoms with Crippen molar-refractivity contribution in [3.63, 3.8) is 0 Å². The minimum Gasteiger partial charge on any atom is -0.456 e. The van der Waals surface area contributed by atoms with Gasteiger partial charge < -0.3 is 4.74 Å². The number of carbonyl (C=O) groups is 1. The third kappa shape index (κ3) is 3.62. The molecule has 3 aromatic rings. The summed E-state index contributed by atoms with van der Waals surface area (Å²) in [4.78, 5) is 29.0. The lowest BCUT2D eigenvalue weighted by atomic mass is 10.1. The molecule has 0 amide bonds. The standard InChI is InChI=1S/C16H14N2O5S2/c1-10-3-4-12(25(2,21)22)8-13(10)15(20)23-9-11-7-14(19)18-5-6-24-16(18)17-11/h3-8H,9H2,1-2H3. The van der Waals surface area contributed by atoms with Gasteiger partial charge in [0.15, 0.2) is 14.8 Å². The third-order valence-corrected chi connectivity index (χ3v) is 5.43. The van der Waals surface area contributed by atoms with Gasteiger partial charge in [0.05, 0.1) is 16.2 Å². The van der Waals surface area contributed by atoms with Crippen LogP contribution in [0.1, 0.15) is 21.6 Å². The van der Waals surface area contributed by atoms with Crippen molar-refractivity contribution in [2.75, 3.05) is 6.26 Å². The SMILES string of the molecule is Cc1ccc(S(C)(=O)=O)cc1C(=O)OCc1cc(=O)n2ccsc2n1. The molecule has 0 spiro atoms. The highest BCUT2D eigenvalue weighted by Crippen LogP contribution is 2.17. The Morgan fingerprint density at radius 1 is 1.32 bits per heavy atom. The molecule has 0 saturated carbocycles. The van der Waals surface area contributed by atoms with Crippen LogP contribution in [0.25, 0.3) is 4.96 Å². The molecule has 0 saturated heterocycles. The van der Waals surface area contributed by atoms with E-state index in [1.54, 1.807) is 24.6 Å². The molecule has 0 N–H and O–H groups in total. The highest BCUT2D eigenvalue weighted by molar-refractivity contribution is 7.90. The van der Waals surface area contributed by atoms with E-state index in [9.17, 15) is 18.0 Å². The van der Waals surface area contributed by atoms with Crippen molar-refractivity contribution in [1.29, 1.82) is 0 Å². The first-order chi connectivity index (χ1) is 11.8. The van der Waals surface area contributed by atoms with Crippen LogP contribution in [0.15, 0.2) is 45.5 Å². The minimum atomic E-state index is -3.43. The summed E-state index contributed by atoms with van der Waals surface area (Å²) >= 11 is 1.30. The molecule has 130 valence electrons. The van der Waals surface area contributed by atoms with Crippen molar-refractivity contribution in [1.82, 2.24) is 9.38 Å². The lowest BCUT2D eigenvalue weighted by molar-refractivity contribution is 0.0466. The number of ether oxygens (including phenoxy) is 1. The fourth-order valence-electron chi connectivity index (χ4n) is 2.23. The Balaban J connectivity index is 1.83. The van der Waals surface area contributed by atoms with Crippen molar-refractivity contribution >= 4 is 32.1 Å². The van der Waals surface area contributed by atoms with Crippen LogP contribution in [0.2, 0.25) is 0 Å². The summed E-state index contributed by atoms with van der Waals surface area (Å²) in [5.74, 6) is -0.670. The zero-order valence-corrected chi connectivity index (χ0v) is 15.1. The summed E-state index contributed by atoms with van der Waals surface area (Å²) in [6, 6.07) is 5.58. The molecule has 1 aromatic carbocycles. The molecule has 0 bridgehead atoms. The zero-order chi connectivity index (χ0) is 18.2. The molecule has 0 atom stereocenters. The van der Waals surface area contributed by atoms with Crippen LogP contribution in [-0.4, -0.2) is 30.0 Å². The molecule has 0 aliphatic heterocycles. The first-order valence-corrected chi connectivity index (χ1v) is 9.96. The number of rotatable bonds is 4. The van der Waals surface area contributed by atoms with E-state index < -0.39 is 15.8 Å². The van der Waals surface area contributed by atoms with Crippen LogP contribution >= 0.6 is 11.3 Å². The Morgan fingerprint density at radius 3 is 2.80 bits per heavy atom. The number of hydrogen-bond donors (Lipinski definition) is 0. The van der Waals surface area contributed by atoms with Crippen molar-refractivity contribution in [2.45, 2.75) is 18.4 Å². The number of benzene rings is 1. The summed E-state index contributed by atoms with van der Waals surface area (Å²) in [7, 11) is -3.43. The molecular formula is C16H14N2O5S2. The second kappa shape index (κ2) is 6.41. The number of aromatic nitrogens is 2. The van der Waals surface area contributed by atoms with E-state index >= 15 is 0 Å². The molecule has 0 aliphatic carbocycles. The molecule has 0 aliphatic rings. The van der Waals surface area contributed by atoms with Gasteiger partial charge in [-0.15, -0.1) is 11.3 Å². The first kappa shape index (κ1) is 17.3. The maximum Gasteiger partial charge on any atom is 0.338 e. The lowest BCUT2D eigenvalue weighted by Crippen LogP contribution is -2.15. The Labute approximate surface area is 147 Å². The maximum atomic E-state index is 12.3. The van der Waals surface area contributed by atoms with Crippen LogP contribution in [0.3, 0.4) is 0 Å². The van der Waals surface area contributed by atoms with Gasteiger partial charge in [0.2, 0.25) is 0 Å². The molecule has 9 heteroatoms. The van der Waals surface area contributed by atoms with Crippen LogP contribution in [0, 0.1) is 6.92 Å². The summed E-state index contributed by atoms with van der Waals surface area (Å²) in [6.45, 7) is 1.51. The molecule has 0 radical (unpaired) electrons. The average molecular weight is 378 g/mol. The topological polar surface area (TPSA) is 94.8 Å². The van der Waals surface area contributed by atoms with E-state index in [-0.39, 0.29) is 22.6 Å². The Hall–Kier alpha value is -2.52. The number of fused-ring (bicyclic) bond motifs is 1. The zero-order valence-electron chi connectivity index (χ0n) is 13.4. The number of carbonyl (C=O) groups excluding carboxylic acids is 1. The number of hydrogen-bond acceptors (Lipinski definition) is 7. The van der Waals surface area contributed by atoms with Crippen molar-refractivity contribution in [2.24, 2.45) is 0 Å². The predicted octanol–water partition coefficient (Wildman–Crippen LogP) is 1.82. The number of nitrogens with zero attached hydrogens (tertiary/aromatic N) is 2. The summed E-state index contributed by atoms with van der Waals surface area (Å²) in [5.41, 5.74) is 0.835. The monoisotopic (exact) mass is 378 g/mol. The molecule has 3 rings (SSSR count). The van der Waals surface area contributed by atoms with Gasteiger partial charge in [-0.2, -0.15) is 0 Å². The van der Waals surface area contributed by atoms with Gasteiger partial charge in [-0.05, 0) is 24.6 Å². The van der Waals surface area contributed by atoms with E-state index in [2.05, 4.69) is 4.98 Å². The van der Waals surface area contributed by atoms with E-state index in [1.807, 2.05) is 0 Å². The van der Waals surface area contributed by atoms with Gasteiger partial charge in [0, 0.05) is 23.9 Å². The number of aryl methyl sites for hydroxylation is 1. The van der Waals surface area contributed by atoms with Crippen molar-refractivity contribution in [3.05, 3.63) is 63.0 Å². The summed E-state index contributed by atoms with van der Waals surface area (Å²) in [5, 5.41) is 1.74. The molecule has 7 nitrogen and oxygen atoms in total. The highest BCUT2D eigenvalue weighted by Gasteiger charge is 2.16. The highest BCUT2D eigenvalue weighted by atomic mass is 32.2. The van der Waals surface area contributed by atoms with Gasteiger partial charge in [0.1, 0.15) is 6.61 Å². The number of thiazole rings is 1. The van der Waals surface area contributed by atoms with Gasteiger partial charge in [-0.3, -0.25) is 9.20 Å². The number of esters is 1. The summed E-state index contributed by atoms with van der Waals surface area (Å²) in [6.07, 6.45) is 2.69. The maximum absolute atomic E-state index is 12.3. The fraction of sp³-hybridized carbons (Fsp3) is 0.188. The van der Waals surface area contributed by atoms with Crippen LogP contribution in [0.5, 0.6) is 0 Å². The second-order valence-corrected chi connectivity index (χ2v) is 8.36.